The van der Waals surface area contributed by atoms with Crippen LogP contribution < -0.4 is 10.2 Å². The van der Waals surface area contributed by atoms with Crippen LogP contribution in [0.15, 0.2) is 66.0 Å². The fourth-order valence-corrected chi connectivity index (χ4v) is 4.22. The molecule has 0 bridgehead atoms. The second-order valence-electron chi connectivity index (χ2n) is 7.30. The second kappa shape index (κ2) is 9.45. The van der Waals surface area contributed by atoms with E-state index in [0.717, 1.165) is 25.2 Å². The number of nitriles is 1. The van der Waals surface area contributed by atoms with E-state index < -0.39 is 0 Å². The Balaban J connectivity index is 1.36. The fourth-order valence-electron chi connectivity index (χ4n) is 3.60. The minimum Gasteiger partial charge on any atom is -0.370 e. The Morgan fingerprint density at radius 1 is 0.935 bits per heavy atom. The number of hydrogen-bond acceptors (Lipinski definition) is 5. The zero-order chi connectivity index (χ0) is 21.6. The average molecular weight is 431 g/mol. The number of amides is 2. The van der Waals surface area contributed by atoms with Crippen LogP contribution in [0.2, 0.25) is 0 Å². The molecule has 31 heavy (non-hydrogen) atoms. The molecule has 1 saturated heterocycles. The van der Waals surface area contributed by atoms with Gasteiger partial charge in [-0.05, 0) is 66.4 Å². The van der Waals surface area contributed by atoms with Crippen LogP contribution in [0.25, 0.3) is 0 Å². The van der Waals surface area contributed by atoms with Crippen molar-refractivity contribution in [3.8, 4) is 6.07 Å². The predicted molar refractivity (Wildman–Crippen MR) is 123 cm³/mol. The number of carbonyl (C=O) groups is 2. The highest BCUT2D eigenvalue weighted by molar-refractivity contribution is 7.12. The van der Waals surface area contributed by atoms with Crippen molar-refractivity contribution in [3.63, 3.8) is 0 Å². The molecule has 4 rings (SSSR count). The third-order valence-electron chi connectivity index (χ3n) is 5.28. The van der Waals surface area contributed by atoms with Gasteiger partial charge in [-0.1, -0.05) is 6.07 Å². The van der Waals surface area contributed by atoms with E-state index in [4.69, 9.17) is 5.26 Å². The van der Waals surface area contributed by atoms with Crippen LogP contribution in [0.4, 0.5) is 11.4 Å². The summed E-state index contributed by atoms with van der Waals surface area (Å²) < 4.78 is 0. The van der Waals surface area contributed by atoms with Crippen LogP contribution in [0.5, 0.6) is 0 Å². The Labute approximate surface area is 185 Å². The molecule has 1 N–H and O–H groups in total. The molecule has 0 radical (unpaired) electrons. The standard InChI is InChI=1S/C24H22N4O2S/c25-17-18-4-10-21(11-5-18)27-12-2-13-28(15-14-27)24(30)19-6-8-20(9-7-19)26-23(29)22-3-1-16-31-22/h1,3-11,16H,2,12-15H2,(H,26,29). The lowest BCUT2D eigenvalue weighted by atomic mass is 10.1. The Bertz CT molecular complexity index is 1090. The number of nitrogens with one attached hydrogen (secondary N) is 1. The molecule has 7 heteroatoms. The van der Waals surface area contributed by atoms with Gasteiger partial charge in [0.2, 0.25) is 0 Å². The third-order valence-corrected chi connectivity index (χ3v) is 6.15. The van der Waals surface area contributed by atoms with E-state index in [9.17, 15) is 9.59 Å². The third kappa shape index (κ3) is 4.93. The largest absolute Gasteiger partial charge is 0.370 e. The maximum absolute atomic E-state index is 13.0. The van der Waals surface area contributed by atoms with Crippen molar-refractivity contribution in [1.82, 2.24) is 4.90 Å². The van der Waals surface area contributed by atoms with Gasteiger partial charge in [0, 0.05) is 43.1 Å². The Morgan fingerprint density at radius 2 is 1.71 bits per heavy atom. The van der Waals surface area contributed by atoms with Crippen LogP contribution in [-0.4, -0.2) is 42.9 Å². The first-order valence-electron chi connectivity index (χ1n) is 10.1. The Hall–Kier alpha value is -3.63. The number of benzene rings is 2. The summed E-state index contributed by atoms with van der Waals surface area (Å²) in [5, 5.41) is 13.7. The first-order chi connectivity index (χ1) is 15.1. The molecule has 0 spiro atoms. The molecule has 2 aromatic carbocycles. The van der Waals surface area contributed by atoms with Crippen LogP contribution in [0.1, 0.15) is 32.0 Å². The van der Waals surface area contributed by atoms with Crippen LogP contribution >= 0.6 is 11.3 Å². The summed E-state index contributed by atoms with van der Waals surface area (Å²) in [6.45, 7) is 2.94. The van der Waals surface area contributed by atoms with Crippen molar-refractivity contribution < 1.29 is 9.59 Å². The topological polar surface area (TPSA) is 76.4 Å². The van der Waals surface area contributed by atoms with Crippen molar-refractivity contribution in [1.29, 1.82) is 5.26 Å². The summed E-state index contributed by atoms with van der Waals surface area (Å²) in [4.78, 5) is 29.9. The van der Waals surface area contributed by atoms with E-state index in [1.807, 2.05) is 40.6 Å². The van der Waals surface area contributed by atoms with Crippen molar-refractivity contribution in [2.75, 3.05) is 36.4 Å². The average Bonchev–Trinajstić information content (AvgIpc) is 3.24. The fraction of sp³-hybridized carbons (Fsp3) is 0.208. The number of anilines is 2. The number of thiophene rings is 1. The highest BCUT2D eigenvalue weighted by atomic mass is 32.1. The predicted octanol–water partition coefficient (Wildman–Crippen LogP) is 4.22. The SMILES string of the molecule is N#Cc1ccc(N2CCCN(C(=O)c3ccc(NC(=O)c4cccs4)cc3)CC2)cc1. The lowest BCUT2D eigenvalue weighted by Crippen LogP contribution is -2.35. The molecule has 6 nitrogen and oxygen atoms in total. The molecule has 1 fully saturated rings. The number of nitrogens with zero attached hydrogens (tertiary/aromatic N) is 3. The number of rotatable bonds is 4. The van der Waals surface area contributed by atoms with Gasteiger partial charge >= 0.3 is 0 Å². The van der Waals surface area contributed by atoms with Gasteiger partial charge in [0.05, 0.1) is 16.5 Å². The van der Waals surface area contributed by atoms with Gasteiger partial charge in [0.15, 0.2) is 0 Å². The summed E-state index contributed by atoms with van der Waals surface area (Å²) in [6.07, 6.45) is 0.876. The summed E-state index contributed by atoms with van der Waals surface area (Å²) in [7, 11) is 0. The van der Waals surface area contributed by atoms with Crippen LogP contribution in [0, 0.1) is 11.3 Å². The number of hydrogen-bond donors (Lipinski definition) is 1. The zero-order valence-corrected chi connectivity index (χ0v) is 17.8. The minimum absolute atomic E-state index is 0.00203. The molecule has 1 aliphatic heterocycles. The second-order valence-corrected chi connectivity index (χ2v) is 8.25. The van der Waals surface area contributed by atoms with Crippen molar-refractivity contribution in [2.45, 2.75) is 6.42 Å². The summed E-state index contributed by atoms with van der Waals surface area (Å²) >= 11 is 1.39. The van der Waals surface area contributed by atoms with E-state index in [-0.39, 0.29) is 11.8 Å². The lowest BCUT2D eigenvalue weighted by Gasteiger charge is -2.24. The summed E-state index contributed by atoms with van der Waals surface area (Å²) in [6, 6.07) is 20.4. The molecule has 0 aliphatic carbocycles. The van der Waals surface area contributed by atoms with Gasteiger partial charge < -0.3 is 15.1 Å². The van der Waals surface area contributed by atoms with E-state index in [0.29, 0.717) is 34.8 Å². The molecule has 1 aliphatic rings. The van der Waals surface area contributed by atoms with Gasteiger partial charge in [-0.25, -0.2) is 0 Å². The van der Waals surface area contributed by atoms with Crippen LogP contribution in [-0.2, 0) is 0 Å². The molecule has 0 saturated carbocycles. The zero-order valence-electron chi connectivity index (χ0n) is 17.0. The molecule has 1 aromatic heterocycles. The molecular weight excluding hydrogens is 408 g/mol. The lowest BCUT2D eigenvalue weighted by molar-refractivity contribution is 0.0767. The van der Waals surface area contributed by atoms with Crippen LogP contribution in [0.3, 0.4) is 0 Å². The monoisotopic (exact) mass is 430 g/mol. The molecule has 0 atom stereocenters. The molecule has 0 unspecified atom stereocenters. The number of carbonyl (C=O) groups excluding carboxylic acids is 2. The van der Waals surface area contributed by atoms with Gasteiger partial charge in [0.1, 0.15) is 0 Å². The van der Waals surface area contributed by atoms with Crippen molar-refractivity contribution >= 4 is 34.5 Å². The van der Waals surface area contributed by atoms with Gasteiger partial charge in [-0.15, -0.1) is 11.3 Å². The minimum atomic E-state index is -0.149. The van der Waals surface area contributed by atoms with Gasteiger partial charge in [-0.2, -0.15) is 5.26 Å². The Morgan fingerprint density at radius 3 is 2.39 bits per heavy atom. The molecule has 3 aromatic rings. The normalized spacial score (nSPS) is 13.9. The molecule has 2 amide bonds. The van der Waals surface area contributed by atoms with Crippen molar-refractivity contribution in [2.24, 2.45) is 0 Å². The van der Waals surface area contributed by atoms with Gasteiger partial charge in [-0.3, -0.25) is 9.59 Å². The van der Waals surface area contributed by atoms with E-state index in [1.165, 1.54) is 11.3 Å². The maximum Gasteiger partial charge on any atom is 0.265 e. The first kappa shape index (κ1) is 20.6. The van der Waals surface area contributed by atoms with E-state index >= 15 is 0 Å². The molecule has 156 valence electrons. The Kier molecular flexibility index (Phi) is 6.29. The highest BCUT2D eigenvalue weighted by Gasteiger charge is 2.20. The summed E-state index contributed by atoms with van der Waals surface area (Å²) in [5.74, 6) is -0.151. The maximum atomic E-state index is 13.0. The molecule has 2 heterocycles. The van der Waals surface area contributed by atoms with E-state index in [1.54, 1.807) is 30.3 Å². The molecular formula is C24H22N4O2S. The van der Waals surface area contributed by atoms with Crippen molar-refractivity contribution in [3.05, 3.63) is 82.0 Å². The first-order valence-corrected chi connectivity index (χ1v) is 11.0. The summed E-state index contributed by atoms with van der Waals surface area (Å²) in [5.41, 5.74) is 2.99. The highest BCUT2D eigenvalue weighted by Crippen LogP contribution is 2.19. The smallest absolute Gasteiger partial charge is 0.265 e. The van der Waals surface area contributed by atoms with Gasteiger partial charge in [0.25, 0.3) is 11.8 Å². The quantitative estimate of drug-likeness (QED) is 0.672. The van der Waals surface area contributed by atoms with E-state index in [2.05, 4.69) is 16.3 Å².